The number of hydrogen-bond acceptors (Lipinski definition) is 4. The Bertz CT molecular complexity index is 529. The van der Waals surface area contributed by atoms with Crippen LogP contribution >= 0.6 is 0 Å². The fraction of sp³-hybridized carbons (Fsp3) is 0. The number of nitrogens with two attached hydrogens (primary N) is 1. The molecule has 16 heavy (non-hydrogen) atoms. The van der Waals surface area contributed by atoms with Crippen molar-refractivity contribution >= 4 is 5.69 Å². The Morgan fingerprint density at radius 3 is 2.69 bits per heavy atom. The van der Waals surface area contributed by atoms with E-state index in [1.54, 1.807) is 30.3 Å². The zero-order chi connectivity index (χ0) is 11.4. The molecule has 78 valence electrons. The summed E-state index contributed by atoms with van der Waals surface area (Å²) in [6, 6.07) is 12.3. The zero-order valence-corrected chi connectivity index (χ0v) is 8.42. The van der Waals surface area contributed by atoms with Gasteiger partial charge in [0.1, 0.15) is 23.3 Å². The molecule has 0 saturated heterocycles. The first-order chi connectivity index (χ1) is 7.78. The number of aromatic nitrogens is 1. The predicted molar refractivity (Wildman–Crippen MR) is 59.9 cm³/mol. The van der Waals surface area contributed by atoms with Crippen LogP contribution < -0.4 is 10.5 Å². The van der Waals surface area contributed by atoms with E-state index in [1.807, 2.05) is 12.1 Å². The van der Waals surface area contributed by atoms with E-state index in [2.05, 4.69) is 4.98 Å². The van der Waals surface area contributed by atoms with Crippen molar-refractivity contribution in [1.29, 1.82) is 5.26 Å². The molecule has 2 N–H and O–H groups in total. The van der Waals surface area contributed by atoms with Crippen molar-refractivity contribution in [2.45, 2.75) is 0 Å². The van der Waals surface area contributed by atoms with E-state index in [4.69, 9.17) is 15.7 Å². The molecule has 0 unspecified atom stereocenters. The van der Waals surface area contributed by atoms with Crippen molar-refractivity contribution in [2.75, 3.05) is 5.73 Å². The van der Waals surface area contributed by atoms with Crippen LogP contribution in [-0.4, -0.2) is 4.98 Å². The molecule has 0 aliphatic heterocycles. The van der Waals surface area contributed by atoms with Crippen LogP contribution in [0.15, 0.2) is 42.6 Å². The van der Waals surface area contributed by atoms with E-state index >= 15 is 0 Å². The molecule has 1 aromatic heterocycles. The molecular weight excluding hydrogens is 202 g/mol. The van der Waals surface area contributed by atoms with Crippen LogP contribution in [0, 0.1) is 11.3 Å². The summed E-state index contributed by atoms with van der Waals surface area (Å²) >= 11 is 0. The maximum atomic E-state index is 8.58. The lowest BCUT2D eigenvalue weighted by Gasteiger charge is -2.05. The van der Waals surface area contributed by atoms with Crippen LogP contribution in [0.25, 0.3) is 0 Å². The van der Waals surface area contributed by atoms with Crippen LogP contribution in [0.3, 0.4) is 0 Å². The Balaban J connectivity index is 2.18. The van der Waals surface area contributed by atoms with Gasteiger partial charge in [-0.25, -0.2) is 4.98 Å². The summed E-state index contributed by atoms with van der Waals surface area (Å²) in [4.78, 5) is 3.90. The Labute approximate surface area is 92.9 Å². The normalized spacial score (nSPS) is 9.44. The Hall–Kier alpha value is -2.54. The van der Waals surface area contributed by atoms with Crippen molar-refractivity contribution in [3.8, 4) is 17.6 Å². The van der Waals surface area contributed by atoms with Crippen molar-refractivity contribution < 1.29 is 4.74 Å². The van der Waals surface area contributed by atoms with Gasteiger partial charge in [-0.1, -0.05) is 6.07 Å². The molecule has 0 aliphatic carbocycles. The third-order valence-corrected chi connectivity index (χ3v) is 1.94. The van der Waals surface area contributed by atoms with Crippen LogP contribution in [0.1, 0.15) is 5.69 Å². The summed E-state index contributed by atoms with van der Waals surface area (Å²) < 4.78 is 5.51. The summed E-state index contributed by atoms with van der Waals surface area (Å²) in [5, 5.41) is 8.58. The summed E-state index contributed by atoms with van der Waals surface area (Å²) in [7, 11) is 0. The average molecular weight is 211 g/mol. The number of ether oxygens (including phenoxy) is 1. The fourth-order valence-corrected chi connectivity index (χ4v) is 1.22. The molecule has 0 saturated carbocycles. The second kappa shape index (κ2) is 4.32. The van der Waals surface area contributed by atoms with E-state index in [9.17, 15) is 0 Å². The SMILES string of the molecule is N#Cc1ccc(Oc2cccc(N)c2)cn1. The van der Waals surface area contributed by atoms with Crippen LogP contribution in [0.2, 0.25) is 0 Å². The van der Waals surface area contributed by atoms with Gasteiger partial charge >= 0.3 is 0 Å². The molecule has 1 aromatic carbocycles. The van der Waals surface area contributed by atoms with Crippen molar-refractivity contribution in [3.05, 3.63) is 48.3 Å². The topological polar surface area (TPSA) is 71.9 Å². The highest BCUT2D eigenvalue weighted by molar-refractivity contribution is 5.45. The molecule has 0 bridgehead atoms. The van der Waals surface area contributed by atoms with E-state index in [0.29, 0.717) is 22.9 Å². The first-order valence-electron chi connectivity index (χ1n) is 4.67. The van der Waals surface area contributed by atoms with Crippen molar-refractivity contribution in [2.24, 2.45) is 0 Å². The lowest BCUT2D eigenvalue weighted by molar-refractivity contribution is 0.480. The van der Waals surface area contributed by atoms with Gasteiger partial charge in [0.25, 0.3) is 0 Å². The molecule has 4 nitrogen and oxygen atoms in total. The van der Waals surface area contributed by atoms with Gasteiger partial charge < -0.3 is 10.5 Å². The van der Waals surface area contributed by atoms with Crippen molar-refractivity contribution in [1.82, 2.24) is 4.98 Å². The van der Waals surface area contributed by atoms with Gasteiger partial charge in [-0.05, 0) is 24.3 Å². The Morgan fingerprint density at radius 2 is 2.06 bits per heavy atom. The average Bonchev–Trinajstić information content (AvgIpc) is 2.30. The summed E-state index contributed by atoms with van der Waals surface area (Å²) in [6.45, 7) is 0. The minimum absolute atomic E-state index is 0.361. The maximum Gasteiger partial charge on any atom is 0.145 e. The van der Waals surface area contributed by atoms with Crippen LogP contribution in [0.5, 0.6) is 11.5 Å². The molecule has 0 fully saturated rings. The minimum atomic E-state index is 0.361. The number of nitriles is 1. The van der Waals surface area contributed by atoms with Gasteiger partial charge in [0, 0.05) is 11.8 Å². The standard InChI is InChI=1S/C12H9N3O/c13-7-10-4-5-12(8-15-10)16-11-3-1-2-9(14)6-11/h1-6,8H,14H2. The van der Waals surface area contributed by atoms with Gasteiger partial charge in [0.05, 0.1) is 6.20 Å². The Kier molecular flexibility index (Phi) is 2.70. The summed E-state index contributed by atoms with van der Waals surface area (Å²) in [6.07, 6.45) is 1.50. The number of pyridine rings is 1. The van der Waals surface area contributed by atoms with E-state index in [0.717, 1.165) is 0 Å². The molecule has 1 heterocycles. The predicted octanol–water partition coefficient (Wildman–Crippen LogP) is 2.33. The lowest BCUT2D eigenvalue weighted by Crippen LogP contribution is -1.89. The molecule has 0 amide bonds. The molecular formula is C12H9N3O. The number of nitrogens with zero attached hydrogens (tertiary/aromatic N) is 2. The molecule has 2 aromatic rings. The molecule has 4 heteroatoms. The molecule has 0 atom stereocenters. The van der Waals surface area contributed by atoms with Gasteiger partial charge in [-0.15, -0.1) is 0 Å². The molecule has 0 aliphatic rings. The lowest BCUT2D eigenvalue weighted by atomic mass is 10.3. The van der Waals surface area contributed by atoms with Gasteiger partial charge in [0.15, 0.2) is 0 Å². The van der Waals surface area contributed by atoms with E-state index in [-0.39, 0.29) is 0 Å². The first-order valence-corrected chi connectivity index (χ1v) is 4.67. The second-order valence-electron chi connectivity index (χ2n) is 3.17. The van der Waals surface area contributed by atoms with Crippen LogP contribution in [0.4, 0.5) is 5.69 Å². The van der Waals surface area contributed by atoms with Crippen LogP contribution in [-0.2, 0) is 0 Å². The highest BCUT2D eigenvalue weighted by Crippen LogP contribution is 2.22. The fourth-order valence-electron chi connectivity index (χ4n) is 1.22. The zero-order valence-electron chi connectivity index (χ0n) is 8.42. The van der Waals surface area contributed by atoms with E-state index in [1.165, 1.54) is 6.20 Å². The quantitative estimate of drug-likeness (QED) is 0.774. The van der Waals surface area contributed by atoms with Gasteiger partial charge in [-0.3, -0.25) is 0 Å². The molecule has 0 spiro atoms. The number of benzene rings is 1. The van der Waals surface area contributed by atoms with E-state index < -0.39 is 0 Å². The largest absolute Gasteiger partial charge is 0.456 e. The number of hydrogen-bond donors (Lipinski definition) is 1. The molecule has 0 radical (unpaired) electrons. The summed E-state index contributed by atoms with van der Waals surface area (Å²) in [5.41, 5.74) is 6.62. The first kappa shape index (κ1) is 9.99. The smallest absolute Gasteiger partial charge is 0.145 e. The monoisotopic (exact) mass is 211 g/mol. The third-order valence-electron chi connectivity index (χ3n) is 1.94. The maximum absolute atomic E-state index is 8.58. The number of rotatable bonds is 2. The highest BCUT2D eigenvalue weighted by Gasteiger charge is 1.98. The highest BCUT2D eigenvalue weighted by atomic mass is 16.5. The third kappa shape index (κ3) is 2.28. The summed E-state index contributed by atoms with van der Waals surface area (Å²) in [5.74, 6) is 1.22. The second-order valence-corrected chi connectivity index (χ2v) is 3.17. The number of nitrogen functional groups attached to an aromatic ring is 1. The van der Waals surface area contributed by atoms with Crippen molar-refractivity contribution in [3.63, 3.8) is 0 Å². The van der Waals surface area contributed by atoms with Gasteiger partial charge in [0.2, 0.25) is 0 Å². The minimum Gasteiger partial charge on any atom is -0.456 e. The number of anilines is 1. The van der Waals surface area contributed by atoms with Gasteiger partial charge in [-0.2, -0.15) is 5.26 Å². The molecule has 2 rings (SSSR count). The Morgan fingerprint density at radius 1 is 1.19 bits per heavy atom.